The van der Waals surface area contributed by atoms with E-state index in [2.05, 4.69) is 45.7 Å². The second kappa shape index (κ2) is 6.96. The van der Waals surface area contributed by atoms with Gasteiger partial charge >= 0.3 is 5.97 Å². The number of rotatable bonds is 4. The molecule has 0 unspecified atom stereocenters. The molecule has 3 aromatic carbocycles. The summed E-state index contributed by atoms with van der Waals surface area (Å²) in [6.45, 7) is 0. The predicted octanol–water partition coefficient (Wildman–Crippen LogP) is 5.11. The summed E-state index contributed by atoms with van der Waals surface area (Å²) in [6, 6.07) is 24.0. The largest absolute Gasteiger partial charge is 0.476 e. The molecule has 0 fully saturated rings. The van der Waals surface area contributed by atoms with Gasteiger partial charge in [0.1, 0.15) is 10.7 Å². The standard InChI is InChI=1S/C22H14N4O2S/c27-22(28)20-19(24-26-25-20)15-9-5-13(6-10-15)14-7-11-16(12-8-14)21-23-17-3-1-2-4-18(17)29-21/h1-12H,(H,27,28)(H,24,25,26). The molecule has 0 spiro atoms. The van der Waals surface area contributed by atoms with E-state index in [0.717, 1.165) is 27.2 Å². The van der Waals surface area contributed by atoms with Crippen molar-refractivity contribution in [3.05, 3.63) is 78.5 Å². The molecule has 140 valence electrons. The Labute approximate surface area is 169 Å². The maximum Gasteiger partial charge on any atom is 0.358 e. The number of thiazole rings is 1. The fourth-order valence-electron chi connectivity index (χ4n) is 3.20. The number of benzene rings is 3. The number of nitrogens with zero attached hydrogens (tertiary/aromatic N) is 3. The molecule has 0 aliphatic heterocycles. The Kier molecular flexibility index (Phi) is 4.14. The summed E-state index contributed by atoms with van der Waals surface area (Å²) in [5.41, 5.74) is 5.14. The number of nitrogens with one attached hydrogen (secondary N) is 1. The van der Waals surface area contributed by atoms with Gasteiger partial charge in [0.2, 0.25) is 0 Å². The number of carboxylic acids is 1. The molecular weight excluding hydrogens is 384 g/mol. The number of para-hydroxylation sites is 1. The average molecular weight is 398 g/mol. The second-order valence-corrected chi connectivity index (χ2v) is 7.50. The molecule has 0 bridgehead atoms. The first-order valence-corrected chi connectivity index (χ1v) is 9.71. The number of hydrogen-bond donors (Lipinski definition) is 2. The van der Waals surface area contributed by atoms with Crippen molar-refractivity contribution in [1.29, 1.82) is 0 Å². The molecule has 0 amide bonds. The lowest BCUT2D eigenvalue weighted by Gasteiger charge is -2.05. The van der Waals surface area contributed by atoms with Crippen molar-refractivity contribution < 1.29 is 9.90 Å². The van der Waals surface area contributed by atoms with Crippen LogP contribution in [0.5, 0.6) is 0 Å². The highest BCUT2D eigenvalue weighted by molar-refractivity contribution is 7.21. The summed E-state index contributed by atoms with van der Waals surface area (Å²) in [6.07, 6.45) is 0. The van der Waals surface area contributed by atoms with E-state index in [-0.39, 0.29) is 5.69 Å². The molecule has 2 heterocycles. The quantitative estimate of drug-likeness (QED) is 0.439. The van der Waals surface area contributed by atoms with E-state index >= 15 is 0 Å². The average Bonchev–Trinajstić information content (AvgIpc) is 3.41. The molecule has 0 radical (unpaired) electrons. The molecule has 0 saturated heterocycles. The van der Waals surface area contributed by atoms with Crippen LogP contribution in [0.1, 0.15) is 10.5 Å². The van der Waals surface area contributed by atoms with Gasteiger partial charge in [-0.1, -0.05) is 60.7 Å². The molecule has 29 heavy (non-hydrogen) atoms. The predicted molar refractivity (Wildman–Crippen MR) is 113 cm³/mol. The summed E-state index contributed by atoms with van der Waals surface area (Å²) < 4.78 is 1.18. The van der Waals surface area contributed by atoms with Crippen molar-refractivity contribution in [3.63, 3.8) is 0 Å². The monoisotopic (exact) mass is 398 g/mol. The third-order valence-corrected chi connectivity index (χ3v) is 5.75. The Morgan fingerprint density at radius 3 is 2.07 bits per heavy atom. The lowest BCUT2D eigenvalue weighted by atomic mass is 10.0. The van der Waals surface area contributed by atoms with Gasteiger partial charge in [-0.15, -0.1) is 16.4 Å². The summed E-state index contributed by atoms with van der Waals surface area (Å²) in [5, 5.41) is 20.2. The van der Waals surface area contributed by atoms with Gasteiger partial charge in [-0.25, -0.2) is 9.78 Å². The first kappa shape index (κ1) is 17.3. The number of aromatic carboxylic acids is 1. The van der Waals surface area contributed by atoms with E-state index in [1.165, 1.54) is 4.70 Å². The molecule has 7 heteroatoms. The van der Waals surface area contributed by atoms with Gasteiger partial charge in [-0.05, 0) is 23.3 Å². The minimum Gasteiger partial charge on any atom is -0.476 e. The van der Waals surface area contributed by atoms with Crippen LogP contribution in [-0.2, 0) is 0 Å². The van der Waals surface area contributed by atoms with Crippen LogP contribution in [0.2, 0.25) is 0 Å². The zero-order valence-electron chi connectivity index (χ0n) is 15.0. The van der Waals surface area contributed by atoms with Gasteiger partial charge in [0, 0.05) is 11.1 Å². The molecule has 0 saturated carbocycles. The van der Waals surface area contributed by atoms with E-state index in [1.807, 2.05) is 42.5 Å². The molecule has 2 N–H and O–H groups in total. The van der Waals surface area contributed by atoms with E-state index in [4.69, 9.17) is 4.98 Å². The Balaban J connectivity index is 1.42. The summed E-state index contributed by atoms with van der Waals surface area (Å²) >= 11 is 1.68. The maximum atomic E-state index is 11.2. The molecule has 6 nitrogen and oxygen atoms in total. The molecule has 0 aliphatic rings. The molecular formula is C22H14N4O2S. The summed E-state index contributed by atoms with van der Waals surface area (Å²) in [4.78, 5) is 15.9. The first-order valence-electron chi connectivity index (χ1n) is 8.90. The van der Waals surface area contributed by atoms with Crippen LogP contribution < -0.4 is 0 Å². The lowest BCUT2D eigenvalue weighted by molar-refractivity contribution is 0.0691. The van der Waals surface area contributed by atoms with Crippen LogP contribution in [0.4, 0.5) is 0 Å². The number of carbonyl (C=O) groups is 1. The normalized spacial score (nSPS) is 11.0. The SMILES string of the molecule is O=C(O)c1n[nH]nc1-c1ccc(-c2ccc(-c3nc4ccccc4s3)cc2)cc1. The minimum atomic E-state index is -1.11. The van der Waals surface area contributed by atoms with Crippen LogP contribution in [-0.4, -0.2) is 31.5 Å². The van der Waals surface area contributed by atoms with Crippen molar-refractivity contribution in [1.82, 2.24) is 20.4 Å². The Bertz CT molecular complexity index is 1290. The van der Waals surface area contributed by atoms with Gasteiger partial charge < -0.3 is 5.11 Å². The van der Waals surface area contributed by atoms with Gasteiger partial charge in [0.15, 0.2) is 5.69 Å². The number of hydrogen-bond acceptors (Lipinski definition) is 5. The topological polar surface area (TPSA) is 91.8 Å². The van der Waals surface area contributed by atoms with Gasteiger partial charge in [-0.3, -0.25) is 0 Å². The third-order valence-electron chi connectivity index (χ3n) is 4.67. The summed E-state index contributed by atoms with van der Waals surface area (Å²) in [5.74, 6) is -1.11. The van der Waals surface area contributed by atoms with E-state index in [1.54, 1.807) is 11.3 Å². The third kappa shape index (κ3) is 3.17. The molecule has 0 atom stereocenters. The van der Waals surface area contributed by atoms with Crippen LogP contribution >= 0.6 is 11.3 Å². The fraction of sp³-hybridized carbons (Fsp3) is 0. The van der Waals surface area contributed by atoms with Crippen LogP contribution in [0, 0.1) is 0 Å². The van der Waals surface area contributed by atoms with Crippen LogP contribution in [0.15, 0.2) is 72.8 Å². The Morgan fingerprint density at radius 1 is 0.793 bits per heavy atom. The van der Waals surface area contributed by atoms with Gasteiger partial charge in [-0.2, -0.15) is 10.3 Å². The first-order chi connectivity index (χ1) is 14.2. The maximum absolute atomic E-state index is 11.2. The molecule has 5 aromatic rings. The molecule has 2 aromatic heterocycles. The fourth-order valence-corrected chi connectivity index (χ4v) is 4.17. The highest BCUT2D eigenvalue weighted by atomic mass is 32.1. The van der Waals surface area contributed by atoms with Crippen molar-refractivity contribution in [3.8, 4) is 33.0 Å². The second-order valence-electron chi connectivity index (χ2n) is 6.47. The van der Waals surface area contributed by atoms with Crippen molar-refractivity contribution >= 4 is 27.5 Å². The van der Waals surface area contributed by atoms with E-state index in [9.17, 15) is 9.90 Å². The number of H-pyrrole nitrogens is 1. The lowest BCUT2D eigenvalue weighted by Crippen LogP contribution is -1.99. The van der Waals surface area contributed by atoms with E-state index < -0.39 is 5.97 Å². The Hall–Kier alpha value is -3.84. The number of aromatic nitrogens is 4. The molecule has 5 rings (SSSR count). The van der Waals surface area contributed by atoms with E-state index in [0.29, 0.717) is 11.3 Å². The van der Waals surface area contributed by atoms with Crippen LogP contribution in [0.3, 0.4) is 0 Å². The zero-order chi connectivity index (χ0) is 19.8. The molecule has 0 aliphatic carbocycles. The van der Waals surface area contributed by atoms with Gasteiger partial charge in [0.05, 0.1) is 10.2 Å². The minimum absolute atomic E-state index is 0.0852. The van der Waals surface area contributed by atoms with Crippen LogP contribution in [0.25, 0.3) is 43.2 Å². The Morgan fingerprint density at radius 2 is 1.41 bits per heavy atom. The van der Waals surface area contributed by atoms with Crippen molar-refractivity contribution in [2.75, 3.05) is 0 Å². The smallest absolute Gasteiger partial charge is 0.358 e. The number of fused-ring (bicyclic) bond motifs is 1. The number of aromatic amines is 1. The van der Waals surface area contributed by atoms with Gasteiger partial charge in [0.25, 0.3) is 0 Å². The van der Waals surface area contributed by atoms with Crippen molar-refractivity contribution in [2.45, 2.75) is 0 Å². The van der Waals surface area contributed by atoms with Crippen molar-refractivity contribution in [2.24, 2.45) is 0 Å². The number of carboxylic acid groups (broad SMARTS) is 1. The highest BCUT2D eigenvalue weighted by Gasteiger charge is 2.16. The summed E-state index contributed by atoms with van der Waals surface area (Å²) in [7, 11) is 0. The zero-order valence-corrected chi connectivity index (χ0v) is 15.9. The highest BCUT2D eigenvalue weighted by Crippen LogP contribution is 2.32.